The molecule has 0 bridgehead atoms. The van der Waals surface area contributed by atoms with Gasteiger partial charge in [-0.25, -0.2) is 14.4 Å². The topological polar surface area (TPSA) is 80.0 Å². The Kier molecular flexibility index (Phi) is 4.88. The van der Waals surface area contributed by atoms with Crippen molar-refractivity contribution in [3.63, 3.8) is 0 Å². The molecule has 2 aliphatic rings. The van der Waals surface area contributed by atoms with Gasteiger partial charge >= 0.3 is 0 Å². The Morgan fingerprint density at radius 3 is 2.68 bits per heavy atom. The minimum absolute atomic E-state index is 0.0763. The second-order valence-corrected chi connectivity index (χ2v) is 8.09. The third-order valence-corrected chi connectivity index (χ3v) is 6.25. The van der Waals surface area contributed by atoms with E-state index in [4.69, 9.17) is 4.98 Å². The van der Waals surface area contributed by atoms with Crippen LogP contribution in [0.5, 0.6) is 0 Å². The standard InChI is InChI=1S/C22H24FN7O/c1-3-17-21(31)28(2)19-12-26-22(27-20(19)30(17)16-6-4-5-7-16)29-13-25-11-18(29)14-8-15(23)10-24-9-14/h8-13,16-17H,3-7H2,1-2H3/t17-/m1/s1. The molecule has 0 saturated heterocycles. The number of hydrogen-bond donors (Lipinski definition) is 0. The summed E-state index contributed by atoms with van der Waals surface area (Å²) in [6.07, 6.45) is 12.8. The Labute approximate surface area is 179 Å². The van der Waals surface area contributed by atoms with Crippen LogP contribution in [0.4, 0.5) is 15.9 Å². The molecule has 0 unspecified atom stereocenters. The molecule has 5 rings (SSSR count). The van der Waals surface area contributed by atoms with Gasteiger partial charge in [0.15, 0.2) is 5.82 Å². The molecular weight excluding hydrogens is 397 g/mol. The van der Waals surface area contributed by atoms with Crippen LogP contribution in [0.1, 0.15) is 39.0 Å². The van der Waals surface area contributed by atoms with Crippen molar-refractivity contribution < 1.29 is 9.18 Å². The van der Waals surface area contributed by atoms with Gasteiger partial charge in [0.1, 0.15) is 23.9 Å². The fourth-order valence-corrected chi connectivity index (χ4v) is 4.71. The van der Waals surface area contributed by atoms with Gasteiger partial charge in [-0.2, -0.15) is 4.98 Å². The summed E-state index contributed by atoms with van der Waals surface area (Å²) >= 11 is 0. The number of carbonyl (C=O) groups excluding carboxylic acids is 1. The predicted molar refractivity (Wildman–Crippen MR) is 115 cm³/mol. The largest absolute Gasteiger partial charge is 0.340 e. The normalized spacial score (nSPS) is 19.2. The highest BCUT2D eigenvalue weighted by atomic mass is 19.1. The summed E-state index contributed by atoms with van der Waals surface area (Å²) in [5.41, 5.74) is 1.94. The molecular formula is C22H24FN7O. The average molecular weight is 421 g/mol. The van der Waals surface area contributed by atoms with Crippen LogP contribution in [-0.2, 0) is 4.79 Å². The number of nitrogens with zero attached hydrogens (tertiary/aromatic N) is 7. The number of aromatic nitrogens is 5. The molecule has 1 aliphatic carbocycles. The van der Waals surface area contributed by atoms with E-state index in [1.165, 1.54) is 6.07 Å². The second kappa shape index (κ2) is 7.72. The zero-order valence-corrected chi connectivity index (χ0v) is 17.6. The number of anilines is 2. The number of rotatable bonds is 4. The Bertz CT molecular complexity index is 1120. The number of amides is 1. The molecule has 1 fully saturated rings. The van der Waals surface area contributed by atoms with Gasteiger partial charge in [0.05, 0.1) is 24.3 Å². The number of fused-ring (bicyclic) bond motifs is 1. The predicted octanol–water partition coefficient (Wildman–Crippen LogP) is 3.37. The molecule has 0 radical (unpaired) electrons. The van der Waals surface area contributed by atoms with Crippen molar-refractivity contribution in [1.29, 1.82) is 0 Å². The molecule has 8 nitrogen and oxygen atoms in total. The maximum atomic E-state index is 13.7. The zero-order chi connectivity index (χ0) is 21.5. The van der Waals surface area contributed by atoms with Crippen LogP contribution in [0.3, 0.4) is 0 Å². The molecule has 31 heavy (non-hydrogen) atoms. The Morgan fingerprint density at radius 1 is 1.13 bits per heavy atom. The van der Waals surface area contributed by atoms with Crippen LogP contribution in [0.15, 0.2) is 37.2 Å². The number of hydrogen-bond acceptors (Lipinski definition) is 6. The number of halogens is 1. The molecule has 3 aromatic heterocycles. The van der Waals surface area contributed by atoms with E-state index in [2.05, 4.69) is 19.9 Å². The van der Waals surface area contributed by atoms with Gasteiger partial charge in [0.25, 0.3) is 0 Å². The molecule has 0 spiro atoms. The first kappa shape index (κ1) is 19.6. The first-order valence-electron chi connectivity index (χ1n) is 10.6. The van der Waals surface area contributed by atoms with Crippen molar-refractivity contribution in [3.8, 4) is 17.2 Å². The first-order valence-corrected chi connectivity index (χ1v) is 10.6. The molecule has 1 aliphatic heterocycles. The number of imidazole rings is 1. The lowest BCUT2D eigenvalue weighted by atomic mass is 10.0. The summed E-state index contributed by atoms with van der Waals surface area (Å²) in [7, 11) is 1.78. The van der Waals surface area contributed by atoms with E-state index in [0.717, 1.165) is 37.7 Å². The summed E-state index contributed by atoms with van der Waals surface area (Å²) < 4.78 is 15.5. The van der Waals surface area contributed by atoms with Gasteiger partial charge in [-0.05, 0) is 25.3 Å². The molecule has 9 heteroatoms. The summed E-state index contributed by atoms with van der Waals surface area (Å²) in [6, 6.07) is 1.46. The van der Waals surface area contributed by atoms with Gasteiger partial charge < -0.3 is 9.80 Å². The average Bonchev–Trinajstić information content (AvgIpc) is 3.48. The zero-order valence-electron chi connectivity index (χ0n) is 17.6. The van der Waals surface area contributed by atoms with Crippen LogP contribution in [0, 0.1) is 5.82 Å². The van der Waals surface area contributed by atoms with Crippen molar-refractivity contribution in [2.45, 2.75) is 51.1 Å². The van der Waals surface area contributed by atoms with Crippen molar-refractivity contribution in [1.82, 2.24) is 24.5 Å². The Balaban J connectivity index is 1.63. The van der Waals surface area contributed by atoms with E-state index in [0.29, 0.717) is 35.4 Å². The van der Waals surface area contributed by atoms with Crippen LogP contribution >= 0.6 is 0 Å². The lowest BCUT2D eigenvalue weighted by Gasteiger charge is -2.43. The van der Waals surface area contributed by atoms with Gasteiger partial charge in [0, 0.05) is 24.8 Å². The van der Waals surface area contributed by atoms with Crippen molar-refractivity contribution >= 4 is 17.4 Å². The van der Waals surface area contributed by atoms with Crippen LogP contribution in [0.25, 0.3) is 17.2 Å². The summed E-state index contributed by atoms with van der Waals surface area (Å²) in [5.74, 6) is 0.848. The minimum atomic E-state index is -0.421. The number of pyridine rings is 1. The molecule has 3 aromatic rings. The maximum Gasteiger partial charge on any atom is 0.249 e. The minimum Gasteiger partial charge on any atom is -0.340 e. The maximum absolute atomic E-state index is 13.7. The van der Waals surface area contributed by atoms with Crippen molar-refractivity contribution in [3.05, 3.63) is 43.0 Å². The molecule has 1 atom stereocenters. The lowest BCUT2D eigenvalue weighted by Crippen LogP contribution is -2.55. The molecule has 0 aromatic carbocycles. The van der Waals surface area contributed by atoms with E-state index in [9.17, 15) is 9.18 Å². The highest BCUT2D eigenvalue weighted by molar-refractivity contribution is 6.04. The third kappa shape index (κ3) is 3.24. The van der Waals surface area contributed by atoms with Gasteiger partial charge in [-0.15, -0.1) is 0 Å². The summed E-state index contributed by atoms with van der Waals surface area (Å²) in [4.78, 5) is 34.5. The van der Waals surface area contributed by atoms with E-state index in [-0.39, 0.29) is 11.9 Å². The smallest absolute Gasteiger partial charge is 0.249 e. The molecule has 0 N–H and O–H groups in total. The summed E-state index contributed by atoms with van der Waals surface area (Å²) in [5, 5.41) is 0. The van der Waals surface area contributed by atoms with Gasteiger partial charge in [-0.1, -0.05) is 19.8 Å². The first-order chi connectivity index (χ1) is 15.1. The Morgan fingerprint density at radius 2 is 1.94 bits per heavy atom. The third-order valence-electron chi connectivity index (χ3n) is 6.25. The molecule has 1 saturated carbocycles. The van der Waals surface area contributed by atoms with Gasteiger partial charge in [-0.3, -0.25) is 14.3 Å². The van der Waals surface area contributed by atoms with E-state index in [1.807, 2.05) is 6.92 Å². The number of likely N-dealkylation sites (N-methyl/N-ethyl adjacent to an activating group) is 1. The highest BCUT2D eigenvalue weighted by Gasteiger charge is 2.41. The monoisotopic (exact) mass is 421 g/mol. The van der Waals surface area contributed by atoms with Crippen LogP contribution < -0.4 is 9.80 Å². The van der Waals surface area contributed by atoms with E-state index >= 15 is 0 Å². The van der Waals surface area contributed by atoms with E-state index < -0.39 is 5.82 Å². The fourth-order valence-electron chi connectivity index (χ4n) is 4.71. The van der Waals surface area contributed by atoms with Gasteiger partial charge in [0.2, 0.25) is 11.9 Å². The molecule has 1 amide bonds. The molecule has 4 heterocycles. The summed E-state index contributed by atoms with van der Waals surface area (Å²) in [6.45, 7) is 2.04. The second-order valence-electron chi connectivity index (χ2n) is 8.09. The highest BCUT2D eigenvalue weighted by Crippen LogP contribution is 2.39. The Hall–Kier alpha value is -3.36. The molecule has 160 valence electrons. The van der Waals surface area contributed by atoms with Crippen LogP contribution in [0.2, 0.25) is 0 Å². The number of carbonyl (C=O) groups is 1. The lowest BCUT2D eigenvalue weighted by molar-refractivity contribution is -0.120. The quantitative estimate of drug-likeness (QED) is 0.643. The van der Waals surface area contributed by atoms with Crippen LogP contribution in [-0.4, -0.2) is 49.5 Å². The fraction of sp³-hybridized carbons (Fsp3) is 0.409. The SMILES string of the molecule is CC[C@@H]1C(=O)N(C)c2cnc(-n3cncc3-c3cncc(F)c3)nc2N1C1CCCC1. The van der Waals surface area contributed by atoms with Crippen molar-refractivity contribution in [2.24, 2.45) is 0 Å². The van der Waals surface area contributed by atoms with E-state index in [1.54, 1.807) is 41.4 Å². The van der Waals surface area contributed by atoms with Crippen molar-refractivity contribution in [2.75, 3.05) is 16.8 Å².